The summed E-state index contributed by atoms with van der Waals surface area (Å²) in [5.41, 5.74) is 5.59. The maximum absolute atomic E-state index is 13.9. The van der Waals surface area contributed by atoms with Crippen molar-refractivity contribution in [1.29, 1.82) is 0 Å². The van der Waals surface area contributed by atoms with E-state index in [1.54, 1.807) is 12.1 Å². The average molecular weight is 521 g/mol. The highest BCUT2D eigenvalue weighted by molar-refractivity contribution is 9.10. The van der Waals surface area contributed by atoms with E-state index in [4.69, 9.17) is 4.98 Å². The van der Waals surface area contributed by atoms with Crippen LogP contribution in [0.4, 0.5) is 10.1 Å². The van der Waals surface area contributed by atoms with E-state index in [0.29, 0.717) is 11.8 Å². The molecule has 2 aromatic heterocycles. The number of halogens is 2. The first-order valence-electron chi connectivity index (χ1n) is 12.6. The van der Waals surface area contributed by atoms with Crippen LogP contribution in [0.2, 0.25) is 0 Å². The summed E-state index contributed by atoms with van der Waals surface area (Å²) in [6.45, 7) is 2.26. The van der Waals surface area contributed by atoms with Crippen LogP contribution < -0.4 is 4.90 Å². The lowest BCUT2D eigenvalue weighted by molar-refractivity contribution is 0.322. The van der Waals surface area contributed by atoms with Crippen LogP contribution in [0.5, 0.6) is 0 Å². The van der Waals surface area contributed by atoms with Crippen molar-refractivity contribution in [3.8, 4) is 0 Å². The molecule has 0 amide bonds. The minimum atomic E-state index is -0.185. The normalized spacial score (nSPS) is 21.4. The van der Waals surface area contributed by atoms with E-state index in [9.17, 15) is 4.39 Å². The van der Waals surface area contributed by atoms with Gasteiger partial charge in [-0.25, -0.2) is 9.37 Å². The van der Waals surface area contributed by atoms with Crippen LogP contribution in [-0.2, 0) is 6.42 Å². The van der Waals surface area contributed by atoms with Crippen LogP contribution in [0.3, 0.4) is 0 Å². The summed E-state index contributed by atoms with van der Waals surface area (Å²) in [6, 6.07) is 11.5. The Morgan fingerprint density at radius 2 is 1.79 bits per heavy atom. The Labute approximate surface area is 208 Å². The predicted molar refractivity (Wildman–Crippen MR) is 140 cm³/mol. The van der Waals surface area contributed by atoms with Crippen molar-refractivity contribution in [3.05, 3.63) is 64.3 Å². The SMILES string of the molecule is Fc1ccc2nccc(C3CCC(Cc4nc5cc(N6CCCCC6)c(Br)cc5[nH]4)CC3)c2c1. The third-order valence-corrected chi connectivity index (χ3v) is 8.44. The van der Waals surface area contributed by atoms with E-state index in [-0.39, 0.29) is 5.82 Å². The molecule has 2 fully saturated rings. The number of rotatable bonds is 4. The number of benzene rings is 2. The summed E-state index contributed by atoms with van der Waals surface area (Å²) in [7, 11) is 0. The molecular formula is C28H30BrFN4. The van der Waals surface area contributed by atoms with Gasteiger partial charge in [-0.05, 0) is 115 Å². The van der Waals surface area contributed by atoms with Gasteiger partial charge in [-0.2, -0.15) is 0 Å². The number of hydrogen-bond acceptors (Lipinski definition) is 3. The third kappa shape index (κ3) is 4.33. The van der Waals surface area contributed by atoms with Crippen LogP contribution >= 0.6 is 15.9 Å². The Balaban J connectivity index is 1.15. The van der Waals surface area contributed by atoms with Gasteiger partial charge < -0.3 is 9.88 Å². The fourth-order valence-corrected chi connectivity index (χ4v) is 6.59. The average Bonchev–Trinajstić information content (AvgIpc) is 3.25. The third-order valence-electron chi connectivity index (χ3n) is 7.80. The molecule has 2 aliphatic rings. The van der Waals surface area contributed by atoms with E-state index >= 15 is 0 Å². The highest BCUT2D eigenvalue weighted by Crippen LogP contribution is 2.39. The molecule has 1 aliphatic heterocycles. The molecule has 3 heterocycles. The molecule has 176 valence electrons. The van der Waals surface area contributed by atoms with Crippen molar-refractivity contribution in [3.63, 3.8) is 0 Å². The number of nitrogens with one attached hydrogen (secondary N) is 1. The molecule has 34 heavy (non-hydrogen) atoms. The first-order valence-corrected chi connectivity index (χ1v) is 13.4. The van der Waals surface area contributed by atoms with E-state index in [1.165, 1.54) is 49.4 Å². The smallest absolute Gasteiger partial charge is 0.123 e. The predicted octanol–water partition coefficient (Wildman–Crippen LogP) is 7.52. The van der Waals surface area contributed by atoms with Gasteiger partial charge in [0.25, 0.3) is 0 Å². The second-order valence-electron chi connectivity index (χ2n) is 10.0. The molecule has 1 saturated heterocycles. The molecule has 4 nitrogen and oxygen atoms in total. The highest BCUT2D eigenvalue weighted by Gasteiger charge is 2.25. The second-order valence-corrected chi connectivity index (χ2v) is 10.9. The first kappa shape index (κ1) is 22.0. The fraction of sp³-hybridized carbons (Fsp3) is 0.429. The van der Waals surface area contributed by atoms with Gasteiger partial charge in [-0.1, -0.05) is 0 Å². The second kappa shape index (κ2) is 9.29. The number of imidazole rings is 1. The number of aromatic nitrogens is 3. The minimum absolute atomic E-state index is 0.185. The molecule has 2 aromatic carbocycles. The molecular weight excluding hydrogens is 491 g/mol. The van der Waals surface area contributed by atoms with E-state index in [0.717, 1.165) is 64.6 Å². The molecule has 1 aliphatic carbocycles. The lowest BCUT2D eigenvalue weighted by atomic mass is 9.77. The maximum Gasteiger partial charge on any atom is 0.123 e. The summed E-state index contributed by atoms with van der Waals surface area (Å²) >= 11 is 3.79. The molecule has 0 radical (unpaired) electrons. The van der Waals surface area contributed by atoms with Crippen LogP contribution in [-0.4, -0.2) is 28.0 Å². The quantitative estimate of drug-likeness (QED) is 0.302. The first-order chi connectivity index (χ1) is 16.6. The Bertz CT molecular complexity index is 1320. The lowest BCUT2D eigenvalue weighted by Crippen LogP contribution is -2.29. The van der Waals surface area contributed by atoms with E-state index < -0.39 is 0 Å². The van der Waals surface area contributed by atoms with Crippen LogP contribution in [0.1, 0.15) is 62.3 Å². The number of aromatic amines is 1. The molecule has 0 unspecified atom stereocenters. The minimum Gasteiger partial charge on any atom is -0.371 e. The standard InChI is InChI=1S/C28H30BrFN4/c29-23-16-25-26(17-27(23)34-12-2-1-3-13-34)33-28(32-25)14-18-4-6-19(7-5-18)21-10-11-31-24-9-8-20(30)15-22(21)24/h8-11,15-19H,1-7,12-14H2,(H,32,33). The van der Waals surface area contributed by atoms with Crippen LogP contribution in [0, 0.1) is 11.7 Å². The Kier molecular flexibility index (Phi) is 6.02. The molecule has 0 atom stereocenters. The zero-order chi connectivity index (χ0) is 23.1. The number of piperidine rings is 1. The van der Waals surface area contributed by atoms with Gasteiger partial charge >= 0.3 is 0 Å². The van der Waals surface area contributed by atoms with Gasteiger partial charge in [-0.15, -0.1) is 0 Å². The summed E-state index contributed by atoms with van der Waals surface area (Å²) in [6.07, 6.45) is 11.3. The lowest BCUT2D eigenvalue weighted by Gasteiger charge is -2.29. The molecule has 6 rings (SSSR count). The van der Waals surface area contributed by atoms with Crippen molar-refractivity contribution in [2.24, 2.45) is 5.92 Å². The highest BCUT2D eigenvalue weighted by atomic mass is 79.9. The molecule has 0 bridgehead atoms. The van der Waals surface area contributed by atoms with Crippen molar-refractivity contribution >= 4 is 43.6 Å². The summed E-state index contributed by atoms with van der Waals surface area (Å²) in [5, 5.41) is 0.971. The van der Waals surface area contributed by atoms with Crippen molar-refractivity contribution in [1.82, 2.24) is 15.0 Å². The molecule has 0 spiro atoms. The largest absolute Gasteiger partial charge is 0.371 e. The number of anilines is 1. The molecule has 1 saturated carbocycles. The molecule has 4 aromatic rings. The Morgan fingerprint density at radius 1 is 0.971 bits per heavy atom. The topological polar surface area (TPSA) is 44.8 Å². The molecule has 1 N–H and O–H groups in total. The number of fused-ring (bicyclic) bond motifs is 2. The summed E-state index contributed by atoms with van der Waals surface area (Å²) < 4.78 is 15.0. The van der Waals surface area contributed by atoms with Crippen molar-refractivity contribution < 1.29 is 4.39 Å². The fourth-order valence-electron chi connectivity index (χ4n) is 5.99. The van der Waals surface area contributed by atoms with Gasteiger partial charge in [0.05, 0.1) is 22.2 Å². The zero-order valence-electron chi connectivity index (χ0n) is 19.4. The van der Waals surface area contributed by atoms with E-state index in [2.05, 4.69) is 49.0 Å². The van der Waals surface area contributed by atoms with Gasteiger partial charge in [0.2, 0.25) is 0 Å². The Morgan fingerprint density at radius 3 is 2.62 bits per heavy atom. The summed E-state index contributed by atoms with van der Waals surface area (Å²) in [4.78, 5) is 15.5. The van der Waals surface area contributed by atoms with Gasteiger partial charge in [-0.3, -0.25) is 4.98 Å². The number of nitrogens with zero attached hydrogens (tertiary/aromatic N) is 3. The number of pyridine rings is 1. The number of hydrogen-bond donors (Lipinski definition) is 1. The number of H-pyrrole nitrogens is 1. The maximum atomic E-state index is 13.9. The van der Waals surface area contributed by atoms with Crippen molar-refractivity contribution in [2.45, 2.75) is 57.3 Å². The zero-order valence-corrected chi connectivity index (χ0v) is 21.0. The van der Waals surface area contributed by atoms with Gasteiger partial charge in [0.1, 0.15) is 11.6 Å². The van der Waals surface area contributed by atoms with Crippen molar-refractivity contribution in [2.75, 3.05) is 18.0 Å². The van der Waals surface area contributed by atoms with Gasteiger partial charge in [0, 0.05) is 35.6 Å². The monoisotopic (exact) mass is 520 g/mol. The van der Waals surface area contributed by atoms with E-state index in [1.807, 2.05) is 6.20 Å². The Hall–Kier alpha value is -2.47. The van der Waals surface area contributed by atoms with Gasteiger partial charge in [0.15, 0.2) is 0 Å². The molecule has 6 heteroatoms. The summed E-state index contributed by atoms with van der Waals surface area (Å²) in [5.74, 6) is 2.02. The van der Waals surface area contributed by atoms with Crippen LogP contribution in [0.25, 0.3) is 21.9 Å². The van der Waals surface area contributed by atoms with Crippen LogP contribution in [0.15, 0.2) is 47.1 Å².